The Morgan fingerprint density at radius 3 is 2.62 bits per heavy atom. The number of hydrogen-bond acceptors (Lipinski definition) is 4. The van der Waals surface area contributed by atoms with Crippen molar-refractivity contribution in [3.8, 4) is 0 Å². The van der Waals surface area contributed by atoms with Gasteiger partial charge >= 0.3 is 0 Å². The van der Waals surface area contributed by atoms with Crippen molar-refractivity contribution in [2.24, 2.45) is 4.99 Å². The van der Waals surface area contributed by atoms with Gasteiger partial charge in [0, 0.05) is 30.6 Å². The molecule has 0 unspecified atom stereocenters. The van der Waals surface area contributed by atoms with Crippen LogP contribution in [-0.2, 0) is 19.4 Å². The van der Waals surface area contributed by atoms with Gasteiger partial charge in [0.1, 0.15) is 5.76 Å². The van der Waals surface area contributed by atoms with Crippen molar-refractivity contribution in [1.82, 2.24) is 15.6 Å². The minimum Gasteiger partial charge on any atom is -0.469 e. The molecular formula is C19H23IN4OS. The van der Waals surface area contributed by atoms with Crippen LogP contribution in [0.4, 0.5) is 0 Å². The van der Waals surface area contributed by atoms with Gasteiger partial charge in [-0.1, -0.05) is 12.1 Å². The molecule has 0 aliphatic heterocycles. The van der Waals surface area contributed by atoms with Gasteiger partial charge in [-0.15, -0.1) is 35.3 Å². The van der Waals surface area contributed by atoms with E-state index in [1.165, 1.54) is 4.88 Å². The van der Waals surface area contributed by atoms with Crippen LogP contribution in [0, 0.1) is 0 Å². The fourth-order valence-electron chi connectivity index (χ4n) is 2.34. The Labute approximate surface area is 175 Å². The highest BCUT2D eigenvalue weighted by atomic mass is 127. The Morgan fingerprint density at radius 2 is 1.92 bits per heavy atom. The highest BCUT2D eigenvalue weighted by molar-refractivity contribution is 14.0. The van der Waals surface area contributed by atoms with Gasteiger partial charge in [0.25, 0.3) is 0 Å². The van der Waals surface area contributed by atoms with Gasteiger partial charge in [-0.2, -0.15) is 0 Å². The van der Waals surface area contributed by atoms with Crippen molar-refractivity contribution in [3.05, 3.63) is 76.6 Å². The molecule has 3 heterocycles. The third kappa shape index (κ3) is 7.17. The number of guanidine groups is 1. The van der Waals surface area contributed by atoms with Crippen molar-refractivity contribution in [1.29, 1.82) is 0 Å². The number of furan rings is 1. The molecule has 0 bridgehead atoms. The smallest absolute Gasteiger partial charge is 0.191 e. The van der Waals surface area contributed by atoms with Crippen molar-refractivity contribution in [2.75, 3.05) is 13.1 Å². The Kier molecular flexibility index (Phi) is 9.19. The molecule has 26 heavy (non-hydrogen) atoms. The molecular weight excluding hydrogens is 459 g/mol. The highest BCUT2D eigenvalue weighted by Crippen LogP contribution is 2.08. The number of halogens is 1. The molecule has 2 N–H and O–H groups in total. The lowest BCUT2D eigenvalue weighted by molar-refractivity contribution is 0.506. The summed E-state index contributed by atoms with van der Waals surface area (Å²) in [4.78, 5) is 10.3. The van der Waals surface area contributed by atoms with Crippen LogP contribution < -0.4 is 10.6 Å². The summed E-state index contributed by atoms with van der Waals surface area (Å²) in [6.07, 6.45) is 5.30. The SMILES string of the molecule is I.c1ccc(CN=C(NCCc2ccco2)NCCc2cccs2)nc1. The first-order valence-electron chi connectivity index (χ1n) is 8.37. The van der Waals surface area contributed by atoms with Gasteiger partial charge in [0.2, 0.25) is 0 Å². The first-order valence-corrected chi connectivity index (χ1v) is 9.25. The lowest BCUT2D eigenvalue weighted by Gasteiger charge is -2.12. The molecule has 0 spiro atoms. The molecule has 5 nitrogen and oxygen atoms in total. The number of hydrogen-bond donors (Lipinski definition) is 2. The van der Waals surface area contributed by atoms with E-state index in [4.69, 9.17) is 4.42 Å². The Morgan fingerprint density at radius 1 is 1.04 bits per heavy atom. The number of nitrogens with zero attached hydrogens (tertiary/aromatic N) is 2. The second-order valence-electron chi connectivity index (χ2n) is 5.50. The summed E-state index contributed by atoms with van der Waals surface area (Å²) in [5.41, 5.74) is 0.952. The van der Waals surface area contributed by atoms with Crippen LogP contribution in [0.2, 0.25) is 0 Å². The highest BCUT2D eigenvalue weighted by Gasteiger charge is 2.02. The number of pyridine rings is 1. The average molecular weight is 482 g/mol. The van der Waals surface area contributed by atoms with Crippen molar-refractivity contribution in [3.63, 3.8) is 0 Å². The number of aromatic nitrogens is 1. The summed E-state index contributed by atoms with van der Waals surface area (Å²) in [6, 6.07) is 14.0. The summed E-state index contributed by atoms with van der Waals surface area (Å²) >= 11 is 1.78. The summed E-state index contributed by atoms with van der Waals surface area (Å²) in [5, 5.41) is 8.86. The zero-order valence-electron chi connectivity index (χ0n) is 14.4. The maximum Gasteiger partial charge on any atom is 0.191 e. The maximum absolute atomic E-state index is 5.37. The largest absolute Gasteiger partial charge is 0.469 e. The monoisotopic (exact) mass is 482 g/mol. The number of rotatable bonds is 8. The van der Waals surface area contributed by atoms with E-state index in [0.717, 1.165) is 43.3 Å². The van der Waals surface area contributed by atoms with E-state index in [0.29, 0.717) is 6.54 Å². The molecule has 0 radical (unpaired) electrons. The van der Waals surface area contributed by atoms with Gasteiger partial charge < -0.3 is 15.1 Å². The third-order valence-corrected chi connectivity index (χ3v) is 4.55. The predicted octanol–water partition coefficient (Wildman–Crippen LogP) is 3.87. The van der Waals surface area contributed by atoms with Crippen molar-refractivity contribution >= 4 is 41.3 Å². The van der Waals surface area contributed by atoms with Crippen molar-refractivity contribution in [2.45, 2.75) is 19.4 Å². The Balaban J connectivity index is 0.00000243. The number of thiophene rings is 1. The van der Waals surface area contributed by atoms with E-state index in [1.807, 2.05) is 30.3 Å². The molecule has 0 amide bonds. The van der Waals surface area contributed by atoms with Crippen LogP contribution in [0.15, 0.2) is 69.7 Å². The van der Waals surface area contributed by atoms with Crippen LogP contribution in [0.5, 0.6) is 0 Å². The summed E-state index contributed by atoms with van der Waals surface area (Å²) in [5.74, 6) is 1.77. The first-order chi connectivity index (χ1) is 12.4. The molecule has 7 heteroatoms. The molecule has 3 aromatic rings. The van der Waals surface area contributed by atoms with Crippen LogP contribution in [0.1, 0.15) is 16.3 Å². The van der Waals surface area contributed by atoms with E-state index in [2.05, 4.69) is 38.1 Å². The summed E-state index contributed by atoms with van der Waals surface area (Å²) in [7, 11) is 0. The van der Waals surface area contributed by atoms with Gasteiger partial charge in [0.15, 0.2) is 5.96 Å². The molecule has 3 aromatic heterocycles. The topological polar surface area (TPSA) is 62.5 Å². The maximum atomic E-state index is 5.37. The molecule has 0 aliphatic carbocycles. The molecule has 0 saturated carbocycles. The zero-order valence-corrected chi connectivity index (χ0v) is 17.6. The number of aliphatic imine (C=N–C) groups is 1. The Hall–Kier alpha value is -1.87. The minimum absolute atomic E-state index is 0. The van der Waals surface area contributed by atoms with Crippen molar-refractivity contribution < 1.29 is 4.42 Å². The van der Waals surface area contributed by atoms with E-state index >= 15 is 0 Å². The van der Waals surface area contributed by atoms with Crippen LogP contribution >= 0.6 is 35.3 Å². The zero-order chi connectivity index (χ0) is 17.2. The first kappa shape index (κ1) is 20.4. The quantitative estimate of drug-likeness (QED) is 0.291. The fourth-order valence-corrected chi connectivity index (χ4v) is 3.05. The van der Waals surface area contributed by atoms with E-state index in [9.17, 15) is 0 Å². The summed E-state index contributed by atoms with van der Waals surface area (Å²) < 4.78 is 5.37. The van der Waals surface area contributed by atoms with Crippen LogP contribution in [0.25, 0.3) is 0 Å². The van der Waals surface area contributed by atoms with E-state index < -0.39 is 0 Å². The van der Waals surface area contributed by atoms with Gasteiger partial charge in [-0.25, -0.2) is 4.99 Å². The molecule has 0 saturated heterocycles. The lowest BCUT2D eigenvalue weighted by Crippen LogP contribution is -2.39. The predicted molar refractivity (Wildman–Crippen MR) is 117 cm³/mol. The summed E-state index contributed by atoms with van der Waals surface area (Å²) in [6.45, 7) is 2.16. The standard InChI is InChI=1S/C19H22N4OS.HI/c1-2-10-20-16(5-1)15-23-19(21-11-8-17-6-3-13-24-17)22-12-9-18-7-4-14-25-18;/h1-7,10,13-14H,8-9,11-12,15H2,(H2,21,22,23);1H. The molecule has 3 rings (SSSR count). The van der Waals surface area contributed by atoms with E-state index in [-0.39, 0.29) is 24.0 Å². The number of nitrogens with one attached hydrogen (secondary N) is 2. The van der Waals surface area contributed by atoms with Gasteiger partial charge in [0.05, 0.1) is 18.5 Å². The molecule has 0 atom stereocenters. The van der Waals surface area contributed by atoms with Gasteiger partial charge in [-0.05, 0) is 42.1 Å². The minimum atomic E-state index is 0. The third-order valence-electron chi connectivity index (χ3n) is 3.61. The van der Waals surface area contributed by atoms with E-state index in [1.54, 1.807) is 23.8 Å². The average Bonchev–Trinajstić information content (AvgIpc) is 3.34. The van der Waals surface area contributed by atoms with Crippen LogP contribution in [-0.4, -0.2) is 24.0 Å². The second kappa shape index (κ2) is 11.7. The molecule has 0 aliphatic rings. The normalized spacial score (nSPS) is 11.0. The lowest BCUT2D eigenvalue weighted by atomic mass is 10.3. The van der Waals surface area contributed by atoms with Gasteiger partial charge in [-0.3, -0.25) is 4.98 Å². The molecule has 138 valence electrons. The molecule has 0 aromatic carbocycles. The van der Waals surface area contributed by atoms with Crippen LogP contribution in [0.3, 0.4) is 0 Å². The fraction of sp³-hybridized carbons (Fsp3) is 0.263. The molecule has 0 fully saturated rings. The Bertz CT molecular complexity index is 703. The second-order valence-corrected chi connectivity index (χ2v) is 6.53.